The van der Waals surface area contributed by atoms with E-state index >= 15 is 0 Å². The van der Waals surface area contributed by atoms with E-state index in [-0.39, 0.29) is 5.91 Å². The molecule has 1 aliphatic rings. The molecule has 3 aromatic rings. The number of amides is 1. The molecule has 0 fully saturated rings. The summed E-state index contributed by atoms with van der Waals surface area (Å²) >= 11 is 5.92. The van der Waals surface area contributed by atoms with Crippen LogP contribution in [-0.4, -0.2) is 10.9 Å². The monoisotopic (exact) mass is 376 g/mol. The van der Waals surface area contributed by atoms with Crippen molar-refractivity contribution in [3.63, 3.8) is 0 Å². The molecule has 1 aliphatic carbocycles. The molecule has 2 aromatic carbocycles. The second-order valence-electron chi connectivity index (χ2n) is 7.07. The third-order valence-electron chi connectivity index (χ3n) is 5.22. The van der Waals surface area contributed by atoms with Crippen molar-refractivity contribution in [2.75, 3.05) is 5.32 Å². The van der Waals surface area contributed by atoms with E-state index in [1.807, 2.05) is 37.4 Å². The Kier molecular flexibility index (Phi) is 4.95. The molecule has 0 radical (unpaired) electrons. The number of rotatable bonds is 3. The number of carbonyl (C=O) groups excluding carboxylic acids is 1. The van der Waals surface area contributed by atoms with Crippen molar-refractivity contribution in [2.24, 2.45) is 0 Å². The molecule has 1 heterocycles. The summed E-state index contributed by atoms with van der Waals surface area (Å²) < 4.78 is 0. The van der Waals surface area contributed by atoms with Crippen molar-refractivity contribution in [3.05, 3.63) is 93.8 Å². The summed E-state index contributed by atoms with van der Waals surface area (Å²) in [6.07, 6.45) is 4.80. The van der Waals surface area contributed by atoms with E-state index in [0.717, 1.165) is 36.2 Å². The summed E-state index contributed by atoms with van der Waals surface area (Å²) in [6, 6.07) is 17.5. The van der Waals surface area contributed by atoms with Crippen LogP contribution in [0.2, 0.25) is 5.02 Å². The molecule has 0 saturated carbocycles. The molecular weight excluding hydrogens is 356 g/mol. The van der Waals surface area contributed by atoms with Gasteiger partial charge in [-0.25, -0.2) is 0 Å². The van der Waals surface area contributed by atoms with Gasteiger partial charge < -0.3 is 5.32 Å². The van der Waals surface area contributed by atoms with E-state index in [0.29, 0.717) is 10.9 Å². The van der Waals surface area contributed by atoms with Crippen molar-refractivity contribution in [2.45, 2.75) is 32.1 Å². The maximum atomic E-state index is 12.8. The number of benzene rings is 2. The van der Waals surface area contributed by atoms with Gasteiger partial charge in [-0.1, -0.05) is 23.7 Å². The highest BCUT2D eigenvalue weighted by Crippen LogP contribution is 2.34. The van der Waals surface area contributed by atoms with E-state index < -0.39 is 0 Å². The topological polar surface area (TPSA) is 42.0 Å². The standard InChI is InChI=1S/C23H21ClN2O/c1-15-13-17(11-12-25-15)16-5-10-21-18(14-16)3-2-4-22(21)23(27)26-20-8-6-19(24)7-9-20/h2-4,6-9,11-13,16H,5,10,14H2,1H3,(H,26,27). The number of fused-ring (bicyclic) bond motifs is 1. The normalized spacial score (nSPS) is 15.9. The Hall–Kier alpha value is -2.65. The Morgan fingerprint density at radius 1 is 1.15 bits per heavy atom. The molecule has 0 spiro atoms. The highest BCUT2D eigenvalue weighted by atomic mass is 35.5. The van der Waals surface area contributed by atoms with Gasteiger partial charge in [0, 0.05) is 28.2 Å². The lowest BCUT2D eigenvalue weighted by Gasteiger charge is -2.26. The van der Waals surface area contributed by atoms with Crippen molar-refractivity contribution < 1.29 is 4.79 Å². The van der Waals surface area contributed by atoms with Crippen LogP contribution < -0.4 is 5.32 Å². The molecular formula is C23H21ClN2O. The number of halogens is 1. The molecule has 3 nitrogen and oxygen atoms in total. The Bertz CT molecular complexity index is 982. The quantitative estimate of drug-likeness (QED) is 0.649. The molecule has 1 atom stereocenters. The van der Waals surface area contributed by atoms with Crippen LogP contribution in [0.5, 0.6) is 0 Å². The second-order valence-corrected chi connectivity index (χ2v) is 7.51. The van der Waals surface area contributed by atoms with Gasteiger partial charge in [-0.3, -0.25) is 9.78 Å². The number of nitrogens with one attached hydrogen (secondary N) is 1. The lowest BCUT2D eigenvalue weighted by molar-refractivity contribution is 0.102. The Morgan fingerprint density at radius 2 is 1.96 bits per heavy atom. The first-order chi connectivity index (χ1) is 13.1. The summed E-state index contributed by atoms with van der Waals surface area (Å²) in [5.41, 5.74) is 6.35. The van der Waals surface area contributed by atoms with Crippen molar-refractivity contribution in [1.82, 2.24) is 4.98 Å². The van der Waals surface area contributed by atoms with E-state index in [1.54, 1.807) is 12.1 Å². The van der Waals surface area contributed by atoms with Crippen LogP contribution in [0.3, 0.4) is 0 Å². The van der Waals surface area contributed by atoms with Crippen LogP contribution in [0.25, 0.3) is 0 Å². The minimum atomic E-state index is -0.0626. The number of aryl methyl sites for hydroxylation is 1. The van der Waals surface area contributed by atoms with Crippen LogP contribution in [0.15, 0.2) is 60.8 Å². The van der Waals surface area contributed by atoms with Crippen LogP contribution in [0, 0.1) is 6.92 Å². The molecule has 27 heavy (non-hydrogen) atoms. The largest absolute Gasteiger partial charge is 0.322 e. The van der Waals surface area contributed by atoms with Crippen molar-refractivity contribution >= 4 is 23.2 Å². The highest BCUT2D eigenvalue weighted by Gasteiger charge is 2.24. The Labute approximate surface area is 164 Å². The van der Waals surface area contributed by atoms with Crippen molar-refractivity contribution in [1.29, 1.82) is 0 Å². The van der Waals surface area contributed by atoms with Gasteiger partial charge in [0.2, 0.25) is 0 Å². The number of aromatic nitrogens is 1. The van der Waals surface area contributed by atoms with Gasteiger partial charge in [-0.05, 0) is 91.3 Å². The third kappa shape index (κ3) is 3.88. The van der Waals surface area contributed by atoms with Crippen LogP contribution in [0.4, 0.5) is 5.69 Å². The van der Waals surface area contributed by atoms with Crippen LogP contribution in [-0.2, 0) is 12.8 Å². The molecule has 136 valence electrons. The zero-order chi connectivity index (χ0) is 18.8. The summed E-state index contributed by atoms with van der Waals surface area (Å²) in [6.45, 7) is 2.03. The molecule has 1 amide bonds. The summed E-state index contributed by atoms with van der Waals surface area (Å²) in [5, 5.41) is 3.64. The first-order valence-electron chi connectivity index (χ1n) is 9.20. The predicted molar refractivity (Wildman–Crippen MR) is 110 cm³/mol. The molecule has 0 saturated heterocycles. The SMILES string of the molecule is Cc1cc(C2CCc3c(cccc3C(=O)Nc3ccc(Cl)cc3)C2)ccn1. The molecule has 1 aromatic heterocycles. The molecule has 4 heteroatoms. The maximum absolute atomic E-state index is 12.8. The Morgan fingerprint density at radius 3 is 2.74 bits per heavy atom. The summed E-state index contributed by atoms with van der Waals surface area (Å²) in [7, 11) is 0. The number of nitrogens with zero attached hydrogens (tertiary/aromatic N) is 1. The van der Waals surface area contributed by atoms with Gasteiger partial charge in [0.15, 0.2) is 0 Å². The molecule has 4 rings (SSSR count). The van der Waals surface area contributed by atoms with E-state index in [1.165, 1.54) is 16.7 Å². The fourth-order valence-corrected chi connectivity index (χ4v) is 3.98. The van der Waals surface area contributed by atoms with Gasteiger partial charge >= 0.3 is 0 Å². The Balaban J connectivity index is 1.56. The predicted octanol–water partition coefficient (Wildman–Crippen LogP) is 5.57. The molecule has 0 aliphatic heterocycles. The van der Waals surface area contributed by atoms with Crippen LogP contribution >= 0.6 is 11.6 Å². The minimum Gasteiger partial charge on any atom is -0.322 e. The smallest absolute Gasteiger partial charge is 0.255 e. The zero-order valence-corrected chi connectivity index (χ0v) is 16.0. The fourth-order valence-electron chi connectivity index (χ4n) is 3.86. The molecule has 0 bridgehead atoms. The van der Waals surface area contributed by atoms with Gasteiger partial charge in [-0.2, -0.15) is 0 Å². The summed E-state index contributed by atoms with van der Waals surface area (Å²) in [4.78, 5) is 17.1. The van der Waals surface area contributed by atoms with Crippen molar-refractivity contribution in [3.8, 4) is 0 Å². The first kappa shape index (κ1) is 17.7. The summed E-state index contributed by atoms with van der Waals surface area (Å²) in [5.74, 6) is 0.418. The second kappa shape index (κ2) is 7.53. The molecule has 1 N–H and O–H groups in total. The zero-order valence-electron chi connectivity index (χ0n) is 15.2. The number of hydrogen-bond acceptors (Lipinski definition) is 2. The number of carbonyl (C=O) groups is 1. The minimum absolute atomic E-state index is 0.0626. The van der Waals surface area contributed by atoms with Crippen LogP contribution in [0.1, 0.15) is 45.1 Å². The molecule has 1 unspecified atom stereocenters. The van der Waals surface area contributed by atoms with Gasteiger partial charge in [-0.15, -0.1) is 0 Å². The van der Waals surface area contributed by atoms with Gasteiger partial charge in [0.05, 0.1) is 0 Å². The van der Waals surface area contributed by atoms with Gasteiger partial charge in [0.1, 0.15) is 0 Å². The number of hydrogen-bond donors (Lipinski definition) is 1. The fraction of sp³-hybridized carbons (Fsp3) is 0.217. The average molecular weight is 377 g/mol. The third-order valence-corrected chi connectivity index (χ3v) is 5.47. The highest BCUT2D eigenvalue weighted by molar-refractivity contribution is 6.30. The lowest BCUT2D eigenvalue weighted by atomic mass is 9.78. The lowest BCUT2D eigenvalue weighted by Crippen LogP contribution is -2.20. The first-order valence-corrected chi connectivity index (χ1v) is 9.58. The van der Waals surface area contributed by atoms with E-state index in [4.69, 9.17) is 11.6 Å². The van der Waals surface area contributed by atoms with E-state index in [2.05, 4.69) is 28.5 Å². The average Bonchev–Trinajstić information content (AvgIpc) is 2.69. The van der Waals surface area contributed by atoms with Gasteiger partial charge in [0.25, 0.3) is 5.91 Å². The maximum Gasteiger partial charge on any atom is 0.255 e. The number of anilines is 1. The number of pyridine rings is 1. The van der Waals surface area contributed by atoms with E-state index in [9.17, 15) is 4.79 Å².